The summed E-state index contributed by atoms with van der Waals surface area (Å²) in [5.41, 5.74) is 0.535. The quantitative estimate of drug-likeness (QED) is 0.658. The van der Waals surface area contributed by atoms with Crippen molar-refractivity contribution in [2.24, 2.45) is 0 Å². The van der Waals surface area contributed by atoms with Crippen LogP contribution in [0.15, 0.2) is 28.8 Å². The zero-order valence-electron chi connectivity index (χ0n) is 10.5. The lowest BCUT2D eigenvalue weighted by Crippen LogP contribution is -2.01. The Morgan fingerprint density at radius 2 is 2.26 bits per heavy atom. The molecule has 0 bridgehead atoms. The van der Waals surface area contributed by atoms with Gasteiger partial charge in [0.15, 0.2) is 0 Å². The number of nitro groups is 1. The number of non-ortho nitro benzene ring substituents is 1. The van der Waals surface area contributed by atoms with Gasteiger partial charge in [-0.3, -0.25) is 10.1 Å². The fourth-order valence-corrected chi connectivity index (χ4v) is 1.57. The van der Waals surface area contributed by atoms with Crippen LogP contribution in [0, 0.1) is 17.0 Å². The lowest BCUT2D eigenvalue weighted by molar-refractivity contribution is -0.384. The molecule has 7 heteroatoms. The fourth-order valence-electron chi connectivity index (χ4n) is 1.57. The maximum absolute atomic E-state index is 10.8. The molecular weight excluding hydrogens is 250 g/mol. The van der Waals surface area contributed by atoms with E-state index in [0.717, 1.165) is 0 Å². The maximum atomic E-state index is 10.8. The van der Waals surface area contributed by atoms with E-state index < -0.39 is 4.92 Å². The Hall–Kier alpha value is -2.57. The molecular formula is C12H13N3O4. The number of hydrogen-bond acceptors (Lipinski definition) is 6. The van der Waals surface area contributed by atoms with Gasteiger partial charge in [-0.05, 0) is 6.92 Å². The van der Waals surface area contributed by atoms with Gasteiger partial charge in [0.05, 0.1) is 30.8 Å². The molecule has 0 aliphatic rings. The average Bonchev–Trinajstić information content (AvgIpc) is 2.81. The first-order valence-electron chi connectivity index (χ1n) is 5.57. The third-order valence-corrected chi connectivity index (χ3v) is 2.45. The molecule has 0 atom stereocenters. The predicted octanol–water partition coefficient (Wildman–Crippen LogP) is 2.51. The first-order chi connectivity index (χ1) is 9.08. The number of oxazole rings is 1. The van der Waals surface area contributed by atoms with Crippen LogP contribution >= 0.6 is 0 Å². The summed E-state index contributed by atoms with van der Waals surface area (Å²) in [6.07, 6.45) is 1.62. The number of benzene rings is 1. The van der Waals surface area contributed by atoms with Gasteiger partial charge in [0.1, 0.15) is 11.5 Å². The highest BCUT2D eigenvalue weighted by Crippen LogP contribution is 2.26. The van der Waals surface area contributed by atoms with E-state index in [-0.39, 0.29) is 5.69 Å². The Morgan fingerprint density at radius 3 is 2.84 bits per heavy atom. The van der Waals surface area contributed by atoms with Gasteiger partial charge >= 0.3 is 0 Å². The van der Waals surface area contributed by atoms with Crippen molar-refractivity contribution in [2.45, 2.75) is 13.5 Å². The topological polar surface area (TPSA) is 90.4 Å². The number of nitro benzene ring substituents is 1. The van der Waals surface area contributed by atoms with E-state index >= 15 is 0 Å². The number of aromatic nitrogens is 1. The van der Waals surface area contributed by atoms with E-state index in [9.17, 15) is 10.1 Å². The van der Waals surface area contributed by atoms with Crippen molar-refractivity contribution in [1.29, 1.82) is 0 Å². The second kappa shape index (κ2) is 5.38. The van der Waals surface area contributed by atoms with Crippen LogP contribution in [0.5, 0.6) is 5.75 Å². The SMILES string of the molecule is COc1cc(NCc2ncc(C)o2)cc([N+](=O)[O-])c1. The zero-order valence-corrected chi connectivity index (χ0v) is 10.5. The van der Waals surface area contributed by atoms with Gasteiger partial charge in [0, 0.05) is 17.8 Å². The normalized spacial score (nSPS) is 10.2. The van der Waals surface area contributed by atoms with Crippen LogP contribution in [0.2, 0.25) is 0 Å². The summed E-state index contributed by atoms with van der Waals surface area (Å²) in [4.78, 5) is 14.4. The number of ether oxygens (including phenoxy) is 1. The Kier molecular flexibility index (Phi) is 3.65. The summed E-state index contributed by atoms with van der Waals surface area (Å²) < 4.78 is 10.3. The minimum Gasteiger partial charge on any atom is -0.496 e. The van der Waals surface area contributed by atoms with Crippen molar-refractivity contribution in [3.8, 4) is 5.75 Å². The van der Waals surface area contributed by atoms with Crippen molar-refractivity contribution in [2.75, 3.05) is 12.4 Å². The predicted molar refractivity (Wildman–Crippen MR) is 68.2 cm³/mol. The molecule has 0 fully saturated rings. The van der Waals surface area contributed by atoms with Gasteiger partial charge in [-0.2, -0.15) is 0 Å². The maximum Gasteiger partial charge on any atom is 0.275 e. The van der Waals surface area contributed by atoms with Crippen LogP contribution in [0.25, 0.3) is 0 Å². The molecule has 0 saturated carbocycles. The number of anilines is 1. The van der Waals surface area contributed by atoms with Crippen LogP contribution in [-0.4, -0.2) is 17.0 Å². The average molecular weight is 263 g/mol. The molecule has 7 nitrogen and oxygen atoms in total. The Labute approximate surface area is 109 Å². The Morgan fingerprint density at radius 1 is 1.47 bits per heavy atom. The number of nitrogens with one attached hydrogen (secondary N) is 1. The van der Waals surface area contributed by atoms with Gasteiger partial charge in [0.2, 0.25) is 5.89 Å². The molecule has 1 aromatic heterocycles. The summed E-state index contributed by atoms with van der Waals surface area (Å²) in [7, 11) is 1.46. The lowest BCUT2D eigenvalue weighted by atomic mass is 10.2. The van der Waals surface area contributed by atoms with Crippen molar-refractivity contribution in [1.82, 2.24) is 4.98 Å². The molecule has 0 spiro atoms. The summed E-state index contributed by atoms with van der Waals surface area (Å²) in [6, 6.07) is 4.46. The molecule has 0 aliphatic carbocycles. The van der Waals surface area contributed by atoms with E-state index in [1.807, 2.05) is 0 Å². The fraction of sp³-hybridized carbons (Fsp3) is 0.250. The highest BCUT2D eigenvalue weighted by molar-refractivity contribution is 5.56. The summed E-state index contributed by atoms with van der Waals surface area (Å²) in [5.74, 6) is 1.65. The molecule has 1 aromatic carbocycles. The number of aryl methyl sites for hydroxylation is 1. The molecule has 1 heterocycles. The van der Waals surface area contributed by atoms with Crippen molar-refractivity contribution < 1.29 is 14.1 Å². The number of rotatable bonds is 5. The second-order valence-corrected chi connectivity index (χ2v) is 3.90. The molecule has 1 N–H and O–H groups in total. The van der Waals surface area contributed by atoms with Gasteiger partial charge < -0.3 is 14.5 Å². The summed E-state index contributed by atoms with van der Waals surface area (Å²) >= 11 is 0. The largest absolute Gasteiger partial charge is 0.496 e. The smallest absolute Gasteiger partial charge is 0.275 e. The van der Waals surface area contributed by atoms with E-state index in [1.165, 1.54) is 19.2 Å². The third-order valence-electron chi connectivity index (χ3n) is 2.45. The van der Waals surface area contributed by atoms with Gasteiger partial charge in [-0.1, -0.05) is 0 Å². The van der Waals surface area contributed by atoms with Crippen LogP contribution in [-0.2, 0) is 6.54 Å². The molecule has 2 aromatic rings. The van der Waals surface area contributed by atoms with Crippen LogP contribution in [0.1, 0.15) is 11.7 Å². The second-order valence-electron chi connectivity index (χ2n) is 3.90. The van der Waals surface area contributed by atoms with Crippen LogP contribution in [0.4, 0.5) is 11.4 Å². The Balaban J connectivity index is 2.15. The van der Waals surface area contributed by atoms with Gasteiger partial charge in [-0.25, -0.2) is 4.98 Å². The van der Waals surface area contributed by atoms with Gasteiger partial charge in [-0.15, -0.1) is 0 Å². The van der Waals surface area contributed by atoms with Gasteiger partial charge in [0.25, 0.3) is 5.69 Å². The van der Waals surface area contributed by atoms with Crippen molar-refractivity contribution >= 4 is 11.4 Å². The molecule has 0 radical (unpaired) electrons. The molecule has 2 rings (SSSR count). The first kappa shape index (κ1) is 12.9. The minimum absolute atomic E-state index is 0.0366. The third kappa shape index (κ3) is 3.21. The zero-order chi connectivity index (χ0) is 13.8. The Bertz CT molecular complexity index is 594. The minimum atomic E-state index is -0.469. The monoisotopic (exact) mass is 263 g/mol. The first-order valence-corrected chi connectivity index (χ1v) is 5.57. The number of methoxy groups -OCH3 is 1. The highest BCUT2D eigenvalue weighted by Gasteiger charge is 2.10. The molecule has 0 amide bonds. The van der Waals surface area contributed by atoms with E-state index in [4.69, 9.17) is 9.15 Å². The molecule has 0 aliphatic heterocycles. The van der Waals surface area contributed by atoms with Crippen molar-refractivity contribution in [3.63, 3.8) is 0 Å². The molecule has 0 saturated heterocycles. The highest BCUT2D eigenvalue weighted by atomic mass is 16.6. The van der Waals surface area contributed by atoms with Crippen LogP contribution in [0.3, 0.4) is 0 Å². The summed E-state index contributed by atoms with van der Waals surface area (Å²) in [6.45, 7) is 2.14. The molecule has 19 heavy (non-hydrogen) atoms. The number of hydrogen-bond donors (Lipinski definition) is 1. The van der Waals surface area contributed by atoms with E-state index in [2.05, 4.69) is 10.3 Å². The molecule has 0 unspecified atom stereocenters. The standard InChI is InChI=1S/C12H13N3O4/c1-8-6-14-12(19-8)7-13-9-3-10(15(16)17)5-11(4-9)18-2/h3-6,13H,7H2,1-2H3. The summed E-state index contributed by atoms with van der Waals surface area (Å²) in [5, 5.41) is 13.8. The molecule has 100 valence electrons. The van der Waals surface area contributed by atoms with E-state index in [1.54, 1.807) is 19.2 Å². The van der Waals surface area contributed by atoms with Crippen LogP contribution < -0.4 is 10.1 Å². The lowest BCUT2D eigenvalue weighted by Gasteiger charge is -2.06. The number of nitrogens with zero attached hydrogens (tertiary/aromatic N) is 2. The van der Waals surface area contributed by atoms with E-state index in [0.29, 0.717) is 29.6 Å². The van der Waals surface area contributed by atoms with Crippen molar-refractivity contribution in [3.05, 3.63) is 46.2 Å².